The van der Waals surface area contributed by atoms with E-state index < -0.39 is 6.61 Å². The average Bonchev–Trinajstić information content (AvgIpc) is 3.13. The van der Waals surface area contributed by atoms with Crippen molar-refractivity contribution >= 4 is 39.8 Å². The van der Waals surface area contributed by atoms with E-state index in [0.717, 1.165) is 11.3 Å². The van der Waals surface area contributed by atoms with Crippen LogP contribution in [0.1, 0.15) is 5.56 Å². The molecule has 1 heterocycles. The normalized spacial score (nSPS) is 10.7. The van der Waals surface area contributed by atoms with Crippen molar-refractivity contribution in [1.82, 2.24) is 15.5 Å². The summed E-state index contributed by atoms with van der Waals surface area (Å²) in [5, 5.41) is 14.7. The van der Waals surface area contributed by atoms with E-state index in [9.17, 15) is 13.6 Å². The molecule has 10 heteroatoms. The van der Waals surface area contributed by atoms with E-state index in [2.05, 4.69) is 25.6 Å². The van der Waals surface area contributed by atoms with Gasteiger partial charge in [0.15, 0.2) is 4.34 Å². The Balaban J connectivity index is 1.41. The van der Waals surface area contributed by atoms with Crippen LogP contribution < -0.4 is 15.4 Å². The van der Waals surface area contributed by atoms with Crippen LogP contribution in [0.25, 0.3) is 0 Å². The number of nitrogens with zero attached hydrogens (tertiary/aromatic N) is 2. The Labute approximate surface area is 168 Å². The topological polar surface area (TPSA) is 76.1 Å². The molecule has 0 radical (unpaired) electrons. The SMILES string of the molecule is O=C(CSc1nnc(Nc2ccccc2)s1)NCc1ccc(OC(F)F)cc1. The quantitative estimate of drug-likeness (QED) is 0.501. The van der Waals surface area contributed by atoms with E-state index in [-0.39, 0.29) is 17.4 Å². The van der Waals surface area contributed by atoms with Crippen LogP contribution in [0, 0.1) is 0 Å². The molecule has 0 bridgehead atoms. The molecular formula is C18H16F2N4O2S2. The first kappa shape index (κ1) is 20.0. The maximum Gasteiger partial charge on any atom is 0.387 e. The number of amides is 1. The highest BCUT2D eigenvalue weighted by molar-refractivity contribution is 8.01. The summed E-state index contributed by atoms with van der Waals surface area (Å²) in [5.74, 6) is 0.120. The van der Waals surface area contributed by atoms with Gasteiger partial charge in [0.25, 0.3) is 0 Å². The van der Waals surface area contributed by atoms with Crippen molar-refractivity contribution in [3.8, 4) is 5.75 Å². The summed E-state index contributed by atoms with van der Waals surface area (Å²) in [5.41, 5.74) is 1.70. The minimum Gasteiger partial charge on any atom is -0.435 e. The standard InChI is InChI=1S/C18H16F2N4O2S2/c19-16(20)26-14-8-6-12(7-9-14)10-21-15(25)11-27-18-24-23-17(28-18)22-13-4-2-1-3-5-13/h1-9,16H,10-11H2,(H,21,25)(H,22,23). The fraction of sp³-hybridized carbons (Fsp3) is 0.167. The lowest BCUT2D eigenvalue weighted by molar-refractivity contribution is -0.118. The highest BCUT2D eigenvalue weighted by atomic mass is 32.2. The molecule has 2 N–H and O–H groups in total. The van der Waals surface area contributed by atoms with E-state index in [1.54, 1.807) is 12.1 Å². The molecule has 0 saturated heterocycles. The molecule has 0 unspecified atom stereocenters. The second-order valence-electron chi connectivity index (χ2n) is 5.45. The molecule has 146 valence electrons. The Hall–Kier alpha value is -2.72. The highest BCUT2D eigenvalue weighted by Crippen LogP contribution is 2.27. The number of aromatic nitrogens is 2. The summed E-state index contributed by atoms with van der Waals surface area (Å²) in [4.78, 5) is 12.0. The molecule has 0 atom stereocenters. The summed E-state index contributed by atoms with van der Waals surface area (Å²) in [6, 6.07) is 15.7. The predicted molar refractivity (Wildman–Crippen MR) is 105 cm³/mol. The lowest BCUT2D eigenvalue weighted by Crippen LogP contribution is -2.24. The molecule has 0 spiro atoms. The molecule has 0 aliphatic carbocycles. The first-order chi connectivity index (χ1) is 13.6. The maximum absolute atomic E-state index is 12.1. The Morgan fingerprint density at radius 1 is 1.11 bits per heavy atom. The molecule has 0 aliphatic rings. The number of halogens is 2. The third-order valence-electron chi connectivity index (χ3n) is 3.40. The predicted octanol–water partition coefficient (Wildman–Crippen LogP) is 4.29. The van der Waals surface area contributed by atoms with E-state index in [1.807, 2.05) is 30.3 Å². The second-order valence-corrected chi connectivity index (χ2v) is 7.65. The van der Waals surface area contributed by atoms with Crippen LogP contribution in [0.2, 0.25) is 0 Å². The van der Waals surface area contributed by atoms with Crippen LogP contribution in [0.5, 0.6) is 5.75 Å². The zero-order valence-corrected chi connectivity index (χ0v) is 16.1. The first-order valence-electron chi connectivity index (χ1n) is 8.17. The highest BCUT2D eigenvalue weighted by Gasteiger charge is 2.09. The molecule has 2 aromatic carbocycles. The number of alkyl halides is 2. The summed E-state index contributed by atoms with van der Waals surface area (Å²) in [6.07, 6.45) is 0. The average molecular weight is 422 g/mol. The van der Waals surface area contributed by atoms with Crippen molar-refractivity contribution in [3.05, 3.63) is 60.2 Å². The zero-order chi connectivity index (χ0) is 19.8. The van der Waals surface area contributed by atoms with Gasteiger partial charge in [-0.15, -0.1) is 10.2 Å². The van der Waals surface area contributed by atoms with Crippen molar-refractivity contribution in [1.29, 1.82) is 0 Å². The smallest absolute Gasteiger partial charge is 0.387 e. The number of hydrogen-bond acceptors (Lipinski definition) is 7. The van der Waals surface area contributed by atoms with Gasteiger partial charge in [-0.1, -0.05) is 53.4 Å². The Morgan fingerprint density at radius 3 is 2.57 bits per heavy atom. The number of carbonyl (C=O) groups is 1. The van der Waals surface area contributed by atoms with Gasteiger partial charge in [0.2, 0.25) is 11.0 Å². The van der Waals surface area contributed by atoms with Gasteiger partial charge in [-0.25, -0.2) is 0 Å². The lowest BCUT2D eigenvalue weighted by Gasteiger charge is -2.07. The van der Waals surface area contributed by atoms with Crippen molar-refractivity contribution in [3.63, 3.8) is 0 Å². The molecule has 3 rings (SSSR count). The number of nitrogens with one attached hydrogen (secondary N) is 2. The van der Waals surface area contributed by atoms with Crippen molar-refractivity contribution in [2.75, 3.05) is 11.1 Å². The second kappa shape index (κ2) is 10.00. The monoisotopic (exact) mass is 422 g/mol. The van der Waals surface area contributed by atoms with Crippen LogP contribution in [-0.2, 0) is 11.3 Å². The third kappa shape index (κ3) is 6.46. The van der Waals surface area contributed by atoms with E-state index in [0.29, 0.717) is 16.0 Å². The summed E-state index contributed by atoms with van der Waals surface area (Å²) < 4.78 is 29.2. The van der Waals surface area contributed by atoms with Gasteiger partial charge in [-0.2, -0.15) is 8.78 Å². The molecule has 0 aliphatic heterocycles. The largest absolute Gasteiger partial charge is 0.435 e. The lowest BCUT2D eigenvalue weighted by atomic mass is 10.2. The number of anilines is 2. The van der Waals surface area contributed by atoms with Crippen LogP contribution in [0.3, 0.4) is 0 Å². The van der Waals surface area contributed by atoms with E-state index >= 15 is 0 Å². The molecule has 0 saturated carbocycles. The number of thioether (sulfide) groups is 1. The zero-order valence-electron chi connectivity index (χ0n) is 14.5. The van der Waals surface area contributed by atoms with Gasteiger partial charge in [0.05, 0.1) is 5.75 Å². The van der Waals surface area contributed by atoms with Gasteiger partial charge in [-0.3, -0.25) is 4.79 Å². The van der Waals surface area contributed by atoms with Gasteiger partial charge in [-0.05, 0) is 29.8 Å². The fourth-order valence-electron chi connectivity index (χ4n) is 2.13. The Kier molecular flexibility index (Phi) is 7.15. The third-order valence-corrected chi connectivity index (χ3v) is 5.37. The minimum atomic E-state index is -2.86. The summed E-state index contributed by atoms with van der Waals surface area (Å²) in [6.45, 7) is -2.56. The van der Waals surface area contributed by atoms with Gasteiger partial charge >= 0.3 is 6.61 Å². The Morgan fingerprint density at radius 2 is 1.86 bits per heavy atom. The molecule has 28 heavy (non-hydrogen) atoms. The number of carbonyl (C=O) groups excluding carboxylic acids is 1. The molecule has 3 aromatic rings. The maximum atomic E-state index is 12.1. The van der Waals surface area contributed by atoms with Crippen molar-refractivity contribution < 1.29 is 18.3 Å². The van der Waals surface area contributed by atoms with Crippen molar-refractivity contribution in [2.45, 2.75) is 17.5 Å². The van der Waals surface area contributed by atoms with E-state index in [4.69, 9.17) is 0 Å². The number of ether oxygens (including phenoxy) is 1. The van der Waals surface area contributed by atoms with Crippen molar-refractivity contribution in [2.24, 2.45) is 0 Å². The van der Waals surface area contributed by atoms with Crippen LogP contribution in [0.15, 0.2) is 58.9 Å². The first-order valence-corrected chi connectivity index (χ1v) is 9.97. The molecule has 0 fully saturated rings. The van der Waals surface area contributed by atoms with Crippen LogP contribution in [0.4, 0.5) is 19.6 Å². The molecule has 1 aromatic heterocycles. The number of hydrogen-bond donors (Lipinski definition) is 2. The number of rotatable bonds is 9. The minimum absolute atomic E-state index is 0.0804. The molecule has 6 nitrogen and oxygen atoms in total. The van der Waals surface area contributed by atoms with E-state index in [1.165, 1.54) is 35.2 Å². The van der Waals surface area contributed by atoms with Gasteiger partial charge in [0, 0.05) is 12.2 Å². The van der Waals surface area contributed by atoms with Gasteiger partial charge in [0.1, 0.15) is 5.75 Å². The molecule has 1 amide bonds. The van der Waals surface area contributed by atoms with Crippen LogP contribution >= 0.6 is 23.1 Å². The fourth-order valence-corrected chi connectivity index (χ4v) is 3.73. The van der Waals surface area contributed by atoms with Crippen LogP contribution in [-0.4, -0.2) is 28.5 Å². The number of para-hydroxylation sites is 1. The Bertz CT molecular complexity index is 892. The molecular weight excluding hydrogens is 406 g/mol. The summed E-state index contributed by atoms with van der Waals surface area (Å²) in [7, 11) is 0. The summed E-state index contributed by atoms with van der Waals surface area (Å²) >= 11 is 2.66. The van der Waals surface area contributed by atoms with Gasteiger partial charge < -0.3 is 15.4 Å². The number of benzene rings is 2.